The molecule has 0 radical (unpaired) electrons. The van der Waals surface area contributed by atoms with Gasteiger partial charge in [-0.1, -0.05) is 50.3 Å². The van der Waals surface area contributed by atoms with Crippen LogP contribution in [0.2, 0.25) is 0 Å². The van der Waals surface area contributed by atoms with Crippen molar-refractivity contribution in [2.45, 2.75) is 47.0 Å². The Balaban J connectivity index is 1.56. The molecule has 0 N–H and O–H groups in total. The van der Waals surface area contributed by atoms with Crippen LogP contribution in [0.25, 0.3) is 10.8 Å². The highest BCUT2D eigenvalue weighted by atomic mass is 16.2. The molecule has 3 aromatic rings. The quantitative estimate of drug-likeness (QED) is 0.363. The Bertz CT molecular complexity index is 1680. The third kappa shape index (κ3) is 3.41. The molecule has 3 aliphatic rings. The van der Waals surface area contributed by atoms with Gasteiger partial charge in [-0.3, -0.25) is 19.2 Å². The third-order valence-electron chi connectivity index (χ3n) is 7.97. The molecular formula is C33H28N2O4. The summed E-state index contributed by atoms with van der Waals surface area (Å²) in [4.78, 5) is 58.3. The number of amides is 4. The maximum Gasteiger partial charge on any atom is 0.266 e. The number of anilines is 1. The zero-order valence-electron chi connectivity index (χ0n) is 22.4. The van der Waals surface area contributed by atoms with Gasteiger partial charge < -0.3 is 0 Å². The van der Waals surface area contributed by atoms with Gasteiger partial charge in [-0.15, -0.1) is 0 Å². The van der Waals surface area contributed by atoms with Gasteiger partial charge in [0.15, 0.2) is 0 Å². The van der Waals surface area contributed by atoms with Gasteiger partial charge in [-0.2, -0.15) is 0 Å². The highest BCUT2D eigenvalue weighted by Gasteiger charge is 2.42. The Morgan fingerprint density at radius 3 is 1.74 bits per heavy atom. The first-order valence-electron chi connectivity index (χ1n) is 13.3. The van der Waals surface area contributed by atoms with Crippen molar-refractivity contribution in [3.05, 3.63) is 111 Å². The number of para-hydroxylation sites is 1. The Labute approximate surface area is 226 Å². The van der Waals surface area contributed by atoms with Crippen LogP contribution in [0.15, 0.2) is 77.5 Å². The minimum Gasteiger partial charge on any atom is -0.268 e. The number of carbonyl (C=O) groups is 4. The normalized spacial score (nSPS) is 16.9. The summed E-state index contributed by atoms with van der Waals surface area (Å²) in [5.74, 6) is -1.80. The molecule has 2 heterocycles. The lowest BCUT2D eigenvalue weighted by molar-refractivity contribution is 0.0662. The summed E-state index contributed by atoms with van der Waals surface area (Å²) >= 11 is 0. The Morgan fingerprint density at radius 1 is 0.692 bits per heavy atom. The maximum atomic E-state index is 14.0. The number of rotatable bonds is 4. The lowest BCUT2D eigenvalue weighted by Gasteiger charge is -2.34. The van der Waals surface area contributed by atoms with E-state index in [0.717, 1.165) is 28.7 Å². The van der Waals surface area contributed by atoms with Crippen molar-refractivity contribution in [3.8, 4) is 0 Å². The molecule has 0 unspecified atom stereocenters. The Kier molecular flexibility index (Phi) is 5.72. The average molecular weight is 517 g/mol. The van der Waals surface area contributed by atoms with Crippen molar-refractivity contribution < 1.29 is 19.2 Å². The van der Waals surface area contributed by atoms with Gasteiger partial charge in [0, 0.05) is 33.0 Å². The van der Waals surface area contributed by atoms with Crippen molar-refractivity contribution in [1.29, 1.82) is 0 Å². The summed E-state index contributed by atoms with van der Waals surface area (Å²) in [5.41, 5.74) is 5.93. The lowest BCUT2D eigenvalue weighted by atomic mass is 9.85. The molecule has 1 aliphatic carbocycles. The van der Waals surface area contributed by atoms with Crippen LogP contribution in [-0.2, 0) is 6.42 Å². The predicted molar refractivity (Wildman–Crippen MR) is 151 cm³/mol. The van der Waals surface area contributed by atoms with E-state index in [1.54, 1.807) is 24.3 Å². The molecule has 0 atom stereocenters. The molecule has 3 aromatic carbocycles. The van der Waals surface area contributed by atoms with E-state index in [1.165, 1.54) is 9.80 Å². The van der Waals surface area contributed by atoms with E-state index >= 15 is 0 Å². The first-order chi connectivity index (χ1) is 18.8. The molecule has 6 rings (SSSR count). The number of benzene rings is 3. The predicted octanol–water partition coefficient (Wildman–Crippen LogP) is 6.68. The third-order valence-corrected chi connectivity index (χ3v) is 7.97. The fourth-order valence-electron chi connectivity index (χ4n) is 6.12. The first kappa shape index (κ1) is 24.7. The van der Waals surface area contributed by atoms with Crippen molar-refractivity contribution in [2.24, 2.45) is 0 Å². The largest absolute Gasteiger partial charge is 0.268 e. The van der Waals surface area contributed by atoms with E-state index in [0.29, 0.717) is 57.3 Å². The second-order valence-electron chi connectivity index (χ2n) is 10.2. The van der Waals surface area contributed by atoms with Gasteiger partial charge >= 0.3 is 0 Å². The summed E-state index contributed by atoms with van der Waals surface area (Å²) in [6.07, 6.45) is 8.04. The molecule has 0 spiro atoms. The molecule has 6 nitrogen and oxygen atoms in total. The van der Waals surface area contributed by atoms with E-state index in [9.17, 15) is 19.2 Å². The van der Waals surface area contributed by atoms with Crippen LogP contribution in [0.3, 0.4) is 0 Å². The van der Waals surface area contributed by atoms with E-state index in [2.05, 4.69) is 0 Å². The number of hydrogen-bond acceptors (Lipinski definition) is 4. The molecule has 39 heavy (non-hydrogen) atoms. The fourth-order valence-corrected chi connectivity index (χ4v) is 6.12. The van der Waals surface area contributed by atoms with Crippen LogP contribution in [0.4, 0.5) is 5.69 Å². The van der Waals surface area contributed by atoms with E-state index in [-0.39, 0.29) is 0 Å². The average Bonchev–Trinajstić information content (AvgIpc) is 3.12. The monoisotopic (exact) mass is 516 g/mol. The van der Waals surface area contributed by atoms with Gasteiger partial charge in [0.1, 0.15) is 0 Å². The molecular weight excluding hydrogens is 488 g/mol. The minimum absolute atomic E-state index is 0.312. The van der Waals surface area contributed by atoms with Gasteiger partial charge in [0.25, 0.3) is 23.6 Å². The smallest absolute Gasteiger partial charge is 0.266 e. The molecule has 6 heteroatoms. The summed E-state index contributed by atoms with van der Waals surface area (Å²) in [5, 5.41) is 0.754. The van der Waals surface area contributed by atoms with Crippen LogP contribution in [0.1, 0.15) is 86.2 Å². The second-order valence-corrected chi connectivity index (χ2v) is 10.2. The molecule has 0 bridgehead atoms. The highest BCUT2D eigenvalue weighted by molar-refractivity contribution is 6.39. The van der Waals surface area contributed by atoms with Gasteiger partial charge in [-0.05, 0) is 79.6 Å². The first-order valence-corrected chi connectivity index (χ1v) is 13.3. The van der Waals surface area contributed by atoms with Crippen LogP contribution in [-0.4, -0.2) is 28.5 Å². The van der Waals surface area contributed by atoms with Crippen molar-refractivity contribution in [1.82, 2.24) is 4.90 Å². The van der Waals surface area contributed by atoms with Gasteiger partial charge in [-0.25, -0.2) is 9.80 Å². The van der Waals surface area contributed by atoms with Crippen molar-refractivity contribution in [2.75, 3.05) is 4.90 Å². The molecule has 2 aliphatic heterocycles. The summed E-state index contributed by atoms with van der Waals surface area (Å²) < 4.78 is 0. The highest BCUT2D eigenvalue weighted by Crippen LogP contribution is 2.42. The summed E-state index contributed by atoms with van der Waals surface area (Å²) in [6, 6.07) is 12.2. The summed E-state index contributed by atoms with van der Waals surface area (Å²) in [6.45, 7) is 7.78. The topological polar surface area (TPSA) is 74.8 Å². The lowest BCUT2D eigenvalue weighted by Crippen LogP contribution is -2.44. The Morgan fingerprint density at radius 2 is 1.23 bits per heavy atom. The number of allylic oxidation sites excluding steroid dienone is 5. The van der Waals surface area contributed by atoms with Crippen LogP contribution in [0.5, 0.6) is 0 Å². The number of imide groups is 2. The van der Waals surface area contributed by atoms with E-state index in [4.69, 9.17) is 0 Å². The molecule has 0 saturated heterocycles. The fraction of sp³-hybridized carbons (Fsp3) is 0.212. The maximum absolute atomic E-state index is 14.0. The Hall–Kier alpha value is -4.58. The number of aryl methyl sites for hydroxylation is 2. The van der Waals surface area contributed by atoms with Crippen LogP contribution >= 0.6 is 0 Å². The van der Waals surface area contributed by atoms with Gasteiger partial charge in [0.05, 0.1) is 11.4 Å². The van der Waals surface area contributed by atoms with Crippen LogP contribution < -0.4 is 4.90 Å². The van der Waals surface area contributed by atoms with Crippen molar-refractivity contribution in [3.63, 3.8) is 0 Å². The zero-order valence-corrected chi connectivity index (χ0v) is 22.4. The second kappa shape index (κ2) is 9.02. The molecule has 0 aromatic heterocycles. The van der Waals surface area contributed by atoms with Crippen molar-refractivity contribution >= 4 is 40.1 Å². The number of carbonyl (C=O) groups excluding carboxylic acids is 4. The molecule has 194 valence electrons. The molecule has 4 amide bonds. The summed E-state index contributed by atoms with van der Waals surface area (Å²) in [7, 11) is 0. The van der Waals surface area contributed by atoms with Gasteiger partial charge in [0.2, 0.25) is 0 Å². The van der Waals surface area contributed by atoms with Crippen LogP contribution in [0, 0.1) is 6.92 Å². The van der Waals surface area contributed by atoms with E-state index < -0.39 is 23.6 Å². The number of nitrogens with zero attached hydrogens (tertiary/aromatic N) is 2. The number of hydrogen-bond donors (Lipinski definition) is 0. The zero-order chi connectivity index (χ0) is 27.6. The molecule has 0 fully saturated rings. The molecule has 0 saturated carbocycles. The van der Waals surface area contributed by atoms with E-state index in [1.807, 2.05) is 64.1 Å². The minimum atomic E-state index is -0.453. The standard InChI is InChI=1S/C33H28N2O4/c1-5-20-12-8-7-10-18(3)28(20)34-30(36)22-14-16-24-27-25(17-15-23(26(22)27)31(34)37)33(39)35(32(24)38)29-19(4)11-9-13-21(29)6-2/h7,9-17H,5-6,8H2,1-4H3. The SMILES string of the molecule is CCC1=CCC=CC(C)=C1N1C(=O)c2ccc3c4c(ccc(c24)C1=O)C(=O)N(c1c(C)cccc1CC)C3=O.